The summed E-state index contributed by atoms with van der Waals surface area (Å²) in [6.07, 6.45) is 0.601. The van der Waals surface area contributed by atoms with E-state index in [9.17, 15) is 4.79 Å². The fraction of sp³-hybridized carbons (Fsp3) is 0.364. The lowest BCUT2D eigenvalue weighted by atomic mass is 9.87. The molecule has 1 aliphatic carbocycles. The quantitative estimate of drug-likeness (QED) is 0.704. The molecule has 1 aromatic carbocycles. The molecule has 2 rings (SSSR count). The van der Waals surface area contributed by atoms with Gasteiger partial charge in [-0.25, -0.2) is 0 Å². The summed E-state index contributed by atoms with van der Waals surface area (Å²) in [5, 5.41) is 0. The SMILES string of the molecule is CC1(C)CC(=O)c2c(Br)ccc(Br)c21. The number of fused-ring (bicyclic) bond motifs is 1. The highest BCUT2D eigenvalue weighted by Gasteiger charge is 2.38. The maximum atomic E-state index is 11.8. The zero-order valence-corrected chi connectivity index (χ0v) is 11.2. The normalized spacial score (nSPS) is 18.4. The van der Waals surface area contributed by atoms with Crippen LogP contribution in [0.25, 0.3) is 0 Å². The van der Waals surface area contributed by atoms with E-state index in [1.54, 1.807) is 0 Å². The number of benzene rings is 1. The van der Waals surface area contributed by atoms with E-state index < -0.39 is 0 Å². The van der Waals surface area contributed by atoms with Gasteiger partial charge in [0.25, 0.3) is 0 Å². The number of ketones is 1. The van der Waals surface area contributed by atoms with Gasteiger partial charge in [-0.15, -0.1) is 0 Å². The number of hydrogen-bond acceptors (Lipinski definition) is 1. The second kappa shape index (κ2) is 3.17. The van der Waals surface area contributed by atoms with Crippen molar-refractivity contribution in [2.24, 2.45) is 0 Å². The molecular weight excluding hydrogens is 308 g/mol. The lowest BCUT2D eigenvalue weighted by Crippen LogP contribution is -2.13. The highest BCUT2D eigenvalue weighted by molar-refractivity contribution is 9.11. The minimum Gasteiger partial charge on any atom is -0.294 e. The van der Waals surface area contributed by atoms with Crippen LogP contribution in [0.1, 0.15) is 36.2 Å². The summed E-state index contributed by atoms with van der Waals surface area (Å²) in [6, 6.07) is 3.91. The van der Waals surface area contributed by atoms with E-state index in [4.69, 9.17) is 0 Å². The van der Waals surface area contributed by atoms with Crippen LogP contribution in [0, 0.1) is 0 Å². The molecule has 3 heteroatoms. The van der Waals surface area contributed by atoms with E-state index in [1.165, 1.54) is 0 Å². The summed E-state index contributed by atoms with van der Waals surface area (Å²) >= 11 is 6.94. The fourth-order valence-corrected chi connectivity index (χ4v) is 3.48. The molecule has 0 saturated carbocycles. The minimum absolute atomic E-state index is 0.0466. The number of Topliss-reactive ketones (excluding diaryl/α,β-unsaturated/α-hetero) is 1. The highest BCUT2D eigenvalue weighted by Crippen LogP contribution is 2.44. The molecule has 14 heavy (non-hydrogen) atoms. The fourth-order valence-electron chi connectivity index (χ4n) is 2.06. The Hall–Kier alpha value is -0.150. The standard InChI is InChI=1S/C11H10Br2O/c1-11(2)5-8(14)9-6(12)3-4-7(13)10(9)11/h3-4H,5H2,1-2H3. The molecule has 1 aliphatic rings. The summed E-state index contributed by atoms with van der Waals surface area (Å²) in [4.78, 5) is 11.8. The highest BCUT2D eigenvalue weighted by atomic mass is 79.9. The topological polar surface area (TPSA) is 17.1 Å². The first kappa shape index (κ1) is 10.4. The Morgan fingerprint density at radius 2 is 1.79 bits per heavy atom. The van der Waals surface area contributed by atoms with Crippen molar-refractivity contribution >= 4 is 37.6 Å². The van der Waals surface area contributed by atoms with Crippen molar-refractivity contribution < 1.29 is 4.79 Å². The summed E-state index contributed by atoms with van der Waals surface area (Å²) in [7, 11) is 0. The molecule has 0 amide bonds. The van der Waals surface area contributed by atoms with Crippen molar-refractivity contribution in [3.63, 3.8) is 0 Å². The lowest BCUT2D eigenvalue weighted by Gasteiger charge is -2.19. The van der Waals surface area contributed by atoms with Crippen LogP contribution in [-0.4, -0.2) is 5.78 Å². The maximum Gasteiger partial charge on any atom is 0.165 e. The Balaban J connectivity index is 2.80. The first-order valence-electron chi connectivity index (χ1n) is 4.45. The zero-order chi connectivity index (χ0) is 10.5. The molecule has 0 aliphatic heterocycles. The third-order valence-electron chi connectivity index (χ3n) is 2.66. The summed E-state index contributed by atoms with van der Waals surface area (Å²) in [5.74, 6) is 0.234. The molecule has 0 spiro atoms. The van der Waals surface area contributed by atoms with Crippen LogP contribution >= 0.6 is 31.9 Å². The van der Waals surface area contributed by atoms with E-state index in [-0.39, 0.29) is 11.2 Å². The third-order valence-corrected chi connectivity index (χ3v) is 3.98. The molecule has 0 fully saturated rings. The van der Waals surface area contributed by atoms with Gasteiger partial charge in [-0.1, -0.05) is 45.7 Å². The molecule has 0 radical (unpaired) electrons. The second-order valence-corrected chi connectivity index (χ2v) is 5.97. The number of rotatable bonds is 0. The van der Waals surface area contributed by atoms with Gasteiger partial charge in [0.2, 0.25) is 0 Å². The molecule has 0 bridgehead atoms. The van der Waals surface area contributed by atoms with E-state index >= 15 is 0 Å². The number of halogens is 2. The van der Waals surface area contributed by atoms with Crippen LogP contribution in [0.2, 0.25) is 0 Å². The third kappa shape index (κ3) is 1.38. The molecule has 1 nitrogen and oxygen atoms in total. The minimum atomic E-state index is -0.0466. The van der Waals surface area contributed by atoms with Gasteiger partial charge < -0.3 is 0 Å². The molecule has 0 N–H and O–H groups in total. The van der Waals surface area contributed by atoms with Crippen molar-refractivity contribution in [1.82, 2.24) is 0 Å². The van der Waals surface area contributed by atoms with E-state index in [0.29, 0.717) is 6.42 Å². The Kier molecular flexibility index (Phi) is 2.35. The van der Waals surface area contributed by atoms with Gasteiger partial charge in [0.05, 0.1) is 0 Å². The van der Waals surface area contributed by atoms with E-state index in [1.807, 2.05) is 12.1 Å². The van der Waals surface area contributed by atoms with Gasteiger partial charge in [-0.2, -0.15) is 0 Å². The van der Waals surface area contributed by atoms with Crippen molar-refractivity contribution in [1.29, 1.82) is 0 Å². The molecule has 0 aromatic heterocycles. The van der Waals surface area contributed by atoms with Gasteiger partial charge in [-0.05, 0) is 23.1 Å². The van der Waals surface area contributed by atoms with Crippen molar-refractivity contribution in [3.8, 4) is 0 Å². The van der Waals surface area contributed by atoms with Crippen LogP contribution in [0.5, 0.6) is 0 Å². The molecule has 0 saturated heterocycles. The Bertz CT molecular complexity index is 422. The Morgan fingerprint density at radius 3 is 2.36 bits per heavy atom. The van der Waals surface area contributed by atoms with Gasteiger partial charge in [0.15, 0.2) is 5.78 Å². The van der Waals surface area contributed by atoms with Crippen molar-refractivity contribution in [3.05, 3.63) is 32.2 Å². The van der Waals surface area contributed by atoms with Gasteiger partial charge in [0.1, 0.15) is 0 Å². The predicted octanol–water partition coefficient (Wildman–Crippen LogP) is 4.08. The molecule has 0 heterocycles. The van der Waals surface area contributed by atoms with E-state index in [2.05, 4.69) is 45.7 Å². The molecular formula is C11H10Br2O. The van der Waals surface area contributed by atoms with Gasteiger partial charge in [-0.3, -0.25) is 4.79 Å². The van der Waals surface area contributed by atoms with Gasteiger partial charge in [0, 0.05) is 20.9 Å². The Labute approximate surface area is 100 Å². The average Bonchev–Trinajstić information content (AvgIpc) is 2.30. The number of carbonyl (C=O) groups is 1. The monoisotopic (exact) mass is 316 g/mol. The van der Waals surface area contributed by atoms with Crippen LogP contribution in [0.4, 0.5) is 0 Å². The number of carbonyl (C=O) groups excluding carboxylic acids is 1. The maximum absolute atomic E-state index is 11.8. The molecule has 1 aromatic rings. The van der Waals surface area contributed by atoms with Crippen LogP contribution in [0.15, 0.2) is 21.1 Å². The van der Waals surface area contributed by atoms with Crippen LogP contribution < -0.4 is 0 Å². The summed E-state index contributed by atoms with van der Waals surface area (Å²) in [5.41, 5.74) is 1.94. The second-order valence-electron chi connectivity index (χ2n) is 4.26. The van der Waals surface area contributed by atoms with Crippen molar-refractivity contribution in [2.45, 2.75) is 25.7 Å². The molecule has 0 atom stereocenters. The van der Waals surface area contributed by atoms with Crippen LogP contribution in [-0.2, 0) is 5.41 Å². The largest absolute Gasteiger partial charge is 0.294 e. The Morgan fingerprint density at radius 1 is 1.21 bits per heavy atom. The zero-order valence-electron chi connectivity index (χ0n) is 8.03. The van der Waals surface area contributed by atoms with Gasteiger partial charge >= 0.3 is 0 Å². The number of hydrogen-bond donors (Lipinski definition) is 0. The molecule has 74 valence electrons. The first-order valence-corrected chi connectivity index (χ1v) is 6.04. The smallest absolute Gasteiger partial charge is 0.165 e. The van der Waals surface area contributed by atoms with Crippen molar-refractivity contribution in [2.75, 3.05) is 0 Å². The van der Waals surface area contributed by atoms with Crippen LogP contribution in [0.3, 0.4) is 0 Å². The molecule has 0 unspecified atom stereocenters. The van der Waals surface area contributed by atoms with E-state index in [0.717, 1.165) is 20.1 Å². The predicted molar refractivity (Wildman–Crippen MR) is 63.8 cm³/mol. The summed E-state index contributed by atoms with van der Waals surface area (Å²) < 4.78 is 1.94. The first-order chi connectivity index (χ1) is 6.43. The average molecular weight is 318 g/mol. The summed E-state index contributed by atoms with van der Waals surface area (Å²) in [6.45, 7) is 4.21. The lowest BCUT2D eigenvalue weighted by molar-refractivity contribution is 0.0979.